The van der Waals surface area contributed by atoms with Crippen molar-refractivity contribution in [1.82, 2.24) is 0 Å². The Balaban J connectivity index is 0. The third kappa shape index (κ3) is 25.0. The summed E-state index contributed by atoms with van der Waals surface area (Å²) in [4.78, 5) is 38.9. The number of anilines is 6. The molecular formula is C53H63BrFK2N2O11+. The molecule has 0 aliphatic heterocycles. The fourth-order valence-corrected chi connectivity index (χ4v) is 6.41. The van der Waals surface area contributed by atoms with E-state index in [1.54, 1.807) is 25.4 Å². The van der Waals surface area contributed by atoms with Crippen molar-refractivity contribution in [2.24, 2.45) is 0 Å². The van der Waals surface area contributed by atoms with Crippen LogP contribution in [0.15, 0.2) is 158 Å². The van der Waals surface area contributed by atoms with Gasteiger partial charge in [0.15, 0.2) is 25.2 Å². The first-order valence-electron chi connectivity index (χ1n) is 21.5. The van der Waals surface area contributed by atoms with E-state index in [-0.39, 0.29) is 141 Å². The number of halogens is 2. The van der Waals surface area contributed by atoms with Crippen LogP contribution in [0.1, 0.15) is 55.8 Å². The minimum Gasteiger partial charge on any atom is -0.507 e. The van der Waals surface area contributed by atoms with Crippen LogP contribution in [0, 0.1) is 7.18 Å². The Hall–Kier alpha value is -3.19. The smallest absolute Gasteiger partial charge is 0.507 e. The zero-order chi connectivity index (χ0) is 49.8. The van der Waals surface area contributed by atoms with E-state index in [4.69, 9.17) is 29.9 Å². The Morgan fingerprint density at radius 1 is 0.571 bits per heavy atom. The number of carbonyl (C=O) groups is 3. The van der Waals surface area contributed by atoms with Crippen LogP contribution in [-0.4, -0.2) is 80.4 Å². The molecule has 2 N–H and O–H groups in total. The number of benzene rings is 6. The number of phenolic OH excluding ortho intramolecular Hbond substituents is 1. The number of ether oxygens (including phenoxy) is 5. The number of aldehydes is 2. The predicted octanol–water partition coefficient (Wildman–Crippen LogP) is 7.23. The number of rotatable bonds is 22. The van der Waals surface area contributed by atoms with E-state index in [1.165, 1.54) is 0 Å². The number of phenols is 1. The summed E-state index contributed by atoms with van der Waals surface area (Å²) in [7, 11) is 1.75. The average Bonchev–Trinajstić information content (AvgIpc) is 3.39. The molecule has 0 fully saturated rings. The molecule has 0 amide bonds. The molecule has 0 unspecified atom stereocenters. The third-order valence-electron chi connectivity index (χ3n) is 8.79. The molecule has 17 heteroatoms. The zero-order valence-corrected chi connectivity index (χ0v) is 47.9. The van der Waals surface area contributed by atoms with Crippen LogP contribution >= 0.6 is 15.9 Å². The topological polar surface area (TPSA) is 154 Å². The van der Waals surface area contributed by atoms with Crippen molar-refractivity contribution in [2.75, 3.05) is 48.2 Å². The summed E-state index contributed by atoms with van der Waals surface area (Å²) < 4.78 is 42.3. The Morgan fingerprint density at radius 2 is 0.929 bits per heavy atom. The van der Waals surface area contributed by atoms with E-state index < -0.39 is 6.29 Å². The van der Waals surface area contributed by atoms with Crippen molar-refractivity contribution in [3.05, 3.63) is 176 Å². The monoisotopic (exact) mass is 1080 g/mol. The molecular weight excluding hydrogens is 1020 g/mol. The second-order valence-corrected chi connectivity index (χ2v) is 13.7. The molecule has 13 nitrogen and oxygen atoms in total. The molecule has 0 saturated heterocycles. The van der Waals surface area contributed by atoms with Crippen LogP contribution in [0.2, 0.25) is 0 Å². The Bertz CT molecular complexity index is 2160. The van der Waals surface area contributed by atoms with Crippen LogP contribution in [-0.2, 0) is 28.6 Å². The first kappa shape index (κ1) is 66.8. The normalized spacial score (nSPS) is 9.76. The maximum absolute atomic E-state index is 11.6. The number of para-hydroxylation sites is 4. The van der Waals surface area contributed by atoms with Gasteiger partial charge in [0, 0.05) is 72.7 Å². The van der Waals surface area contributed by atoms with Gasteiger partial charge in [-0.15, -0.1) is 0 Å². The fourth-order valence-electron chi connectivity index (χ4n) is 6.04. The molecule has 6 aromatic rings. The van der Waals surface area contributed by atoms with E-state index >= 15 is 0 Å². The summed E-state index contributed by atoms with van der Waals surface area (Å²) in [6.07, 6.45) is 0.891. The van der Waals surface area contributed by atoms with Crippen molar-refractivity contribution in [2.45, 2.75) is 47.7 Å². The Labute approximate surface area is 508 Å². The maximum atomic E-state index is 11.6. The van der Waals surface area contributed by atoms with E-state index in [0.717, 1.165) is 45.7 Å². The molecule has 0 bridgehead atoms. The number of hydrogen-bond acceptors (Lipinski definition) is 13. The number of hydrogen-bond donors (Lipinski definition) is 2. The molecule has 0 aliphatic carbocycles. The molecule has 6 rings (SSSR count). The van der Waals surface area contributed by atoms with Crippen molar-refractivity contribution < 1.29 is 160 Å². The van der Waals surface area contributed by atoms with E-state index in [9.17, 15) is 19.1 Å². The summed E-state index contributed by atoms with van der Waals surface area (Å²) in [5.41, 5.74) is 6.41. The second-order valence-electron chi connectivity index (χ2n) is 13.1. The minimum atomic E-state index is -0.484. The van der Waals surface area contributed by atoms with Crippen LogP contribution < -0.4 is 117 Å². The molecule has 0 heterocycles. The third-order valence-corrected chi connectivity index (χ3v) is 9.32. The number of alkyl halides is 1. The van der Waals surface area contributed by atoms with Gasteiger partial charge in [0.05, 0.1) is 16.5 Å². The van der Waals surface area contributed by atoms with Gasteiger partial charge in [0.1, 0.15) is 18.1 Å². The predicted molar refractivity (Wildman–Crippen MR) is 271 cm³/mol. The van der Waals surface area contributed by atoms with Crippen molar-refractivity contribution in [3.8, 4) is 11.5 Å². The second kappa shape index (κ2) is 43.4. The van der Waals surface area contributed by atoms with Crippen molar-refractivity contribution in [1.29, 1.82) is 1.43 Å². The SMILES string of the molecule is C.CCOC(CBr)OCC.CCOC(COc1cc(N(c2ccccc2)c2ccccc2)ccc1C=O)OCC.O=Cc1ccc(N(c2ccccc2)c2ccccc2)cc1O.[2H]OOC=O.[CH2-]F.[K+].[K+]. The number of nitrogens with zero attached hydrogens (tertiary/aromatic N) is 2. The quantitative estimate of drug-likeness (QED) is 0.0134. The summed E-state index contributed by atoms with van der Waals surface area (Å²) in [5.74, 6) is 0.466. The standard InChI is InChI=1S/C25H27NO4.C19H15NO2.C6H13BrO2.CH2F.CH2O3.CH4.2K/c1-3-28-25(29-4-2)19-30-24-17-23(16-15-20(24)18-27)26(21-11-7-5-8-12-21)22-13-9-6-10-14-22;21-14-15-11-12-18(13-19(15)22)20(16-7-3-1-4-8-16)17-9-5-2-6-10-17;1-3-8-6(5-7)9-4-2;1-2;2-1-4-3;;;/h5-18,25H,3-4,19H2,1-2H3;1-14,22H;6H,3-5H2,1-2H3;1H2;1,3H;1H4;;/q;;;-1;;;2*+1/i/hD. The summed E-state index contributed by atoms with van der Waals surface area (Å²) in [6.45, 7) is 10.4. The van der Waals surface area contributed by atoms with Gasteiger partial charge < -0.3 is 47.9 Å². The molecule has 0 radical (unpaired) electrons. The molecule has 0 atom stereocenters. The fraction of sp³-hybridized carbons (Fsp3) is 0.245. The molecule has 0 aliphatic rings. The van der Waals surface area contributed by atoms with Crippen LogP contribution in [0.5, 0.6) is 11.5 Å². The summed E-state index contributed by atoms with van der Waals surface area (Å²) in [6, 6.07) is 50.5. The summed E-state index contributed by atoms with van der Waals surface area (Å²) >= 11 is 3.27. The molecule has 0 spiro atoms. The molecule has 70 heavy (non-hydrogen) atoms. The number of carbonyl (C=O) groups excluding carboxylic acids is 3. The maximum Gasteiger partial charge on any atom is 1.00 e. The van der Waals surface area contributed by atoms with E-state index in [0.29, 0.717) is 44.0 Å². The van der Waals surface area contributed by atoms with Crippen LogP contribution in [0.3, 0.4) is 0 Å². The van der Waals surface area contributed by atoms with E-state index in [1.807, 2.05) is 172 Å². The van der Waals surface area contributed by atoms with Crippen molar-refractivity contribution >= 4 is 69.1 Å². The van der Waals surface area contributed by atoms with E-state index in [2.05, 4.69) is 31.0 Å². The van der Waals surface area contributed by atoms with Crippen LogP contribution in [0.4, 0.5) is 38.5 Å². The number of aromatic hydroxyl groups is 1. The van der Waals surface area contributed by atoms with Crippen molar-refractivity contribution in [3.63, 3.8) is 0 Å². The molecule has 366 valence electrons. The van der Waals surface area contributed by atoms with Gasteiger partial charge in [0.25, 0.3) is 1.43 Å². The zero-order valence-electron chi connectivity index (χ0n) is 41.0. The Kier molecular flexibility index (Phi) is 41.4. The van der Waals surface area contributed by atoms with Gasteiger partial charge in [-0.3, -0.25) is 14.4 Å². The van der Waals surface area contributed by atoms with Gasteiger partial charge in [-0.1, -0.05) is 96.2 Å². The van der Waals surface area contributed by atoms with Gasteiger partial charge >= 0.3 is 109 Å². The Morgan fingerprint density at radius 3 is 1.23 bits per heavy atom. The first-order chi connectivity index (χ1) is 33.3. The molecule has 0 saturated carbocycles. The van der Waals surface area contributed by atoms with Crippen LogP contribution in [0.25, 0.3) is 1.43 Å². The average molecular weight is 1080 g/mol. The van der Waals surface area contributed by atoms with Gasteiger partial charge in [0.2, 0.25) is 0 Å². The summed E-state index contributed by atoms with van der Waals surface area (Å²) in [5, 5.41) is 13.8. The molecule has 0 aromatic heterocycles. The van der Waals surface area contributed by atoms with Gasteiger partial charge in [-0.2, -0.15) is 7.18 Å². The minimum absolute atomic E-state index is 0. The van der Waals surface area contributed by atoms with Gasteiger partial charge in [-0.25, -0.2) is 5.26 Å². The molecule has 6 aromatic carbocycles. The largest absolute Gasteiger partial charge is 1.00 e. The first-order valence-corrected chi connectivity index (χ1v) is 22.3. The van der Waals surface area contributed by atoms with Gasteiger partial charge in [-0.05, 0) is 100 Å².